The predicted octanol–water partition coefficient (Wildman–Crippen LogP) is 2.72. The van der Waals surface area contributed by atoms with E-state index in [4.69, 9.17) is 4.74 Å². The number of amides is 1. The molecule has 4 rings (SSSR count). The Bertz CT molecular complexity index is 841. The van der Waals surface area contributed by atoms with Gasteiger partial charge in [0.05, 0.1) is 12.3 Å². The van der Waals surface area contributed by atoms with Gasteiger partial charge in [-0.1, -0.05) is 42.5 Å². The highest BCUT2D eigenvalue weighted by atomic mass is 16.5. The van der Waals surface area contributed by atoms with E-state index < -0.39 is 11.9 Å². The molecule has 0 saturated carbocycles. The Kier molecular flexibility index (Phi) is 4.41. The molecule has 2 saturated heterocycles. The largest absolute Gasteiger partial charge is 0.481 e. The summed E-state index contributed by atoms with van der Waals surface area (Å²) in [6.45, 7) is 1.99. The maximum Gasteiger partial charge on any atom is 0.308 e. The van der Waals surface area contributed by atoms with Crippen LogP contribution in [0, 0.1) is 11.3 Å². The smallest absolute Gasteiger partial charge is 0.308 e. The van der Waals surface area contributed by atoms with Gasteiger partial charge < -0.3 is 14.7 Å². The number of nitrogens with zero attached hydrogens (tertiary/aromatic N) is 1. The van der Waals surface area contributed by atoms with Crippen molar-refractivity contribution in [2.24, 2.45) is 11.3 Å². The molecule has 1 unspecified atom stereocenters. The number of aliphatic carboxylic acids is 1. The minimum Gasteiger partial charge on any atom is -0.481 e. The average Bonchev–Trinajstić information content (AvgIpc) is 3.01. The molecule has 1 spiro atoms. The van der Waals surface area contributed by atoms with Crippen LogP contribution in [0.4, 0.5) is 0 Å². The molecule has 0 bridgehead atoms. The summed E-state index contributed by atoms with van der Waals surface area (Å²) in [6.07, 6.45) is 1.73. The first-order valence-electron chi connectivity index (χ1n) is 9.13. The number of carbonyl (C=O) groups excluding carboxylic acids is 1. The third kappa shape index (κ3) is 3.07. The number of carbonyl (C=O) groups is 2. The molecule has 2 aromatic carbocycles. The van der Waals surface area contributed by atoms with Gasteiger partial charge in [0.1, 0.15) is 0 Å². The Morgan fingerprint density at radius 3 is 2.58 bits per heavy atom. The lowest BCUT2D eigenvalue weighted by molar-refractivity contribution is -0.146. The van der Waals surface area contributed by atoms with Gasteiger partial charge in [0.25, 0.3) is 0 Å². The molecule has 2 heterocycles. The van der Waals surface area contributed by atoms with E-state index in [1.807, 2.05) is 42.5 Å². The highest BCUT2D eigenvalue weighted by Gasteiger charge is 2.51. The number of likely N-dealkylation sites (tertiary alicyclic amines) is 1. The van der Waals surface area contributed by atoms with Gasteiger partial charge in [-0.05, 0) is 29.2 Å². The lowest BCUT2D eigenvalue weighted by Crippen LogP contribution is -2.40. The molecule has 2 aliphatic rings. The first-order chi connectivity index (χ1) is 12.6. The zero-order chi connectivity index (χ0) is 18.1. The summed E-state index contributed by atoms with van der Waals surface area (Å²) in [4.78, 5) is 26.4. The summed E-state index contributed by atoms with van der Waals surface area (Å²) in [5, 5.41) is 11.9. The summed E-state index contributed by atoms with van der Waals surface area (Å²) in [7, 11) is 0. The first kappa shape index (κ1) is 17.0. The number of benzene rings is 2. The molecule has 2 aromatic rings. The van der Waals surface area contributed by atoms with Gasteiger partial charge in [-0.2, -0.15) is 0 Å². The van der Waals surface area contributed by atoms with Crippen molar-refractivity contribution in [3.8, 4) is 0 Å². The van der Waals surface area contributed by atoms with Crippen LogP contribution in [0.3, 0.4) is 0 Å². The number of carboxylic acids is 1. The van der Waals surface area contributed by atoms with Crippen molar-refractivity contribution in [2.75, 3.05) is 26.3 Å². The van der Waals surface area contributed by atoms with Gasteiger partial charge in [-0.3, -0.25) is 9.59 Å². The highest BCUT2D eigenvalue weighted by molar-refractivity contribution is 5.86. The molecule has 2 aliphatic heterocycles. The normalized spacial score (nSPS) is 22.0. The van der Waals surface area contributed by atoms with Gasteiger partial charge in [0.2, 0.25) is 5.91 Å². The molecule has 1 atom stereocenters. The van der Waals surface area contributed by atoms with Crippen LogP contribution in [0.5, 0.6) is 0 Å². The van der Waals surface area contributed by atoms with Gasteiger partial charge in [-0.15, -0.1) is 0 Å². The van der Waals surface area contributed by atoms with Crippen LogP contribution >= 0.6 is 0 Å². The third-order valence-electron chi connectivity index (χ3n) is 5.96. The van der Waals surface area contributed by atoms with Gasteiger partial charge >= 0.3 is 5.97 Å². The molecule has 1 amide bonds. The fourth-order valence-corrected chi connectivity index (χ4v) is 4.42. The van der Waals surface area contributed by atoms with Crippen LogP contribution in [0.25, 0.3) is 10.8 Å². The van der Waals surface area contributed by atoms with Crippen molar-refractivity contribution >= 4 is 22.6 Å². The lowest BCUT2D eigenvalue weighted by atomic mass is 9.72. The number of ether oxygens (including phenoxy) is 1. The van der Waals surface area contributed by atoms with Crippen LogP contribution in [0.2, 0.25) is 0 Å². The van der Waals surface area contributed by atoms with Crippen LogP contribution in [-0.4, -0.2) is 48.2 Å². The number of hydrogen-bond donors (Lipinski definition) is 1. The van der Waals surface area contributed by atoms with Crippen molar-refractivity contribution in [3.63, 3.8) is 0 Å². The van der Waals surface area contributed by atoms with E-state index in [9.17, 15) is 14.7 Å². The van der Waals surface area contributed by atoms with E-state index in [2.05, 4.69) is 0 Å². The van der Waals surface area contributed by atoms with E-state index in [1.165, 1.54) is 0 Å². The lowest BCUT2D eigenvalue weighted by Gasteiger charge is -2.36. The first-order valence-corrected chi connectivity index (χ1v) is 9.13. The molecule has 5 nitrogen and oxygen atoms in total. The molecule has 0 aliphatic carbocycles. The van der Waals surface area contributed by atoms with Crippen molar-refractivity contribution < 1.29 is 19.4 Å². The standard InChI is InChI=1S/C21H23NO4/c23-19(12-15-5-6-16-3-1-2-4-17(16)11-15)22-13-18(20(24)25)21(14-22)7-9-26-10-8-21/h1-6,11,18H,7-10,12-14H2,(H,24,25). The Morgan fingerprint density at radius 2 is 1.85 bits per heavy atom. The van der Waals surface area contributed by atoms with Crippen LogP contribution in [-0.2, 0) is 20.7 Å². The van der Waals surface area contributed by atoms with E-state index >= 15 is 0 Å². The minimum atomic E-state index is -0.798. The molecule has 2 fully saturated rings. The van der Waals surface area contributed by atoms with E-state index in [0.29, 0.717) is 45.6 Å². The summed E-state index contributed by atoms with van der Waals surface area (Å²) < 4.78 is 5.42. The topological polar surface area (TPSA) is 66.8 Å². The second-order valence-corrected chi connectivity index (χ2v) is 7.50. The number of fused-ring (bicyclic) bond motifs is 1. The zero-order valence-electron chi connectivity index (χ0n) is 14.7. The number of rotatable bonds is 3. The van der Waals surface area contributed by atoms with Crippen molar-refractivity contribution in [2.45, 2.75) is 19.3 Å². The Balaban J connectivity index is 1.51. The van der Waals surface area contributed by atoms with Crippen molar-refractivity contribution in [1.82, 2.24) is 4.90 Å². The monoisotopic (exact) mass is 353 g/mol. The molecule has 0 radical (unpaired) electrons. The SMILES string of the molecule is O=C(O)C1CN(C(=O)Cc2ccc3ccccc3c2)CC12CCOCC2. The minimum absolute atomic E-state index is 0.00916. The quantitative estimate of drug-likeness (QED) is 0.921. The van der Waals surface area contributed by atoms with Gasteiger partial charge in [0.15, 0.2) is 0 Å². The summed E-state index contributed by atoms with van der Waals surface area (Å²) >= 11 is 0. The summed E-state index contributed by atoms with van der Waals surface area (Å²) in [6, 6.07) is 14.1. The maximum atomic E-state index is 12.8. The van der Waals surface area contributed by atoms with Gasteiger partial charge in [0, 0.05) is 31.7 Å². The Hall–Kier alpha value is -2.40. The average molecular weight is 353 g/mol. The molecule has 26 heavy (non-hydrogen) atoms. The predicted molar refractivity (Wildman–Crippen MR) is 97.8 cm³/mol. The maximum absolute atomic E-state index is 12.8. The molecule has 5 heteroatoms. The second kappa shape index (κ2) is 6.72. The van der Waals surface area contributed by atoms with Crippen LogP contribution in [0.15, 0.2) is 42.5 Å². The molecule has 1 N–H and O–H groups in total. The van der Waals surface area contributed by atoms with E-state index in [1.54, 1.807) is 4.90 Å². The Morgan fingerprint density at radius 1 is 1.12 bits per heavy atom. The van der Waals surface area contributed by atoms with Crippen molar-refractivity contribution in [3.05, 3.63) is 48.0 Å². The van der Waals surface area contributed by atoms with Gasteiger partial charge in [-0.25, -0.2) is 0 Å². The molecule has 0 aromatic heterocycles. The van der Waals surface area contributed by atoms with Crippen LogP contribution < -0.4 is 0 Å². The number of carboxylic acid groups (broad SMARTS) is 1. The van der Waals surface area contributed by atoms with E-state index in [0.717, 1.165) is 16.3 Å². The molecular formula is C21H23NO4. The summed E-state index contributed by atoms with van der Waals surface area (Å²) in [5.74, 6) is -1.28. The number of hydrogen-bond acceptors (Lipinski definition) is 3. The van der Waals surface area contributed by atoms with Crippen molar-refractivity contribution in [1.29, 1.82) is 0 Å². The molecular weight excluding hydrogens is 330 g/mol. The fourth-order valence-electron chi connectivity index (χ4n) is 4.42. The highest BCUT2D eigenvalue weighted by Crippen LogP contribution is 2.44. The second-order valence-electron chi connectivity index (χ2n) is 7.50. The molecule has 136 valence electrons. The fraction of sp³-hybridized carbons (Fsp3) is 0.429. The van der Waals surface area contributed by atoms with Crippen LogP contribution in [0.1, 0.15) is 18.4 Å². The third-order valence-corrected chi connectivity index (χ3v) is 5.96. The Labute approximate surface area is 152 Å². The van der Waals surface area contributed by atoms with E-state index in [-0.39, 0.29) is 11.3 Å². The zero-order valence-corrected chi connectivity index (χ0v) is 14.7. The summed E-state index contributed by atoms with van der Waals surface area (Å²) in [5.41, 5.74) is 0.636.